The van der Waals surface area contributed by atoms with E-state index in [0.717, 1.165) is 16.8 Å². The van der Waals surface area contributed by atoms with Gasteiger partial charge in [0.2, 0.25) is 5.91 Å². The fourth-order valence-electron chi connectivity index (χ4n) is 1.74. The van der Waals surface area contributed by atoms with Crippen molar-refractivity contribution in [3.8, 4) is 0 Å². The summed E-state index contributed by atoms with van der Waals surface area (Å²) in [7, 11) is 0. The van der Waals surface area contributed by atoms with Gasteiger partial charge in [-0.3, -0.25) is 4.79 Å². The number of nitrogens with two attached hydrogens (primary N) is 1. The van der Waals surface area contributed by atoms with Gasteiger partial charge in [-0.15, -0.1) is 0 Å². The lowest BCUT2D eigenvalue weighted by molar-refractivity contribution is -0.116. The van der Waals surface area contributed by atoms with Crippen LogP contribution in [0, 0.1) is 27.7 Å². The number of carbonyl (C=O) groups is 1. The van der Waals surface area contributed by atoms with Gasteiger partial charge in [-0.1, -0.05) is 6.07 Å². The van der Waals surface area contributed by atoms with Crippen LogP contribution in [0.1, 0.15) is 28.7 Å². The normalized spacial score (nSPS) is 10.3. The number of carbonyl (C=O) groups excluding carboxylic acids is 1. The Labute approximate surface area is 97.0 Å². The SMILES string of the molecule is Cc1cc(C)c(C)c(NC(=O)CCN)c1C. The van der Waals surface area contributed by atoms with E-state index in [1.807, 2.05) is 13.8 Å². The summed E-state index contributed by atoms with van der Waals surface area (Å²) in [5, 5.41) is 2.94. The predicted octanol–water partition coefficient (Wildman–Crippen LogP) is 2.21. The average molecular weight is 220 g/mol. The van der Waals surface area contributed by atoms with Crippen LogP contribution in [-0.4, -0.2) is 12.5 Å². The molecule has 1 rings (SSSR count). The van der Waals surface area contributed by atoms with Crippen LogP contribution in [0.15, 0.2) is 6.07 Å². The van der Waals surface area contributed by atoms with E-state index in [9.17, 15) is 4.79 Å². The van der Waals surface area contributed by atoms with E-state index in [0.29, 0.717) is 13.0 Å². The van der Waals surface area contributed by atoms with Crippen LogP contribution in [0.25, 0.3) is 0 Å². The summed E-state index contributed by atoms with van der Waals surface area (Å²) < 4.78 is 0. The highest BCUT2D eigenvalue weighted by molar-refractivity contribution is 5.92. The first-order chi connectivity index (χ1) is 7.47. The van der Waals surface area contributed by atoms with Gasteiger partial charge in [0.25, 0.3) is 0 Å². The maximum absolute atomic E-state index is 11.5. The highest BCUT2D eigenvalue weighted by Crippen LogP contribution is 2.26. The fraction of sp³-hybridized carbons (Fsp3) is 0.462. The molecular weight excluding hydrogens is 200 g/mol. The van der Waals surface area contributed by atoms with Crippen molar-refractivity contribution >= 4 is 11.6 Å². The van der Waals surface area contributed by atoms with Gasteiger partial charge in [0.1, 0.15) is 0 Å². The van der Waals surface area contributed by atoms with E-state index >= 15 is 0 Å². The Morgan fingerprint density at radius 3 is 2.12 bits per heavy atom. The van der Waals surface area contributed by atoms with Gasteiger partial charge < -0.3 is 11.1 Å². The second-order valence-corrected chi connectivity index (χ2v) is 4.22. The summed E-state index contributed by atoms with van der Waals surface area (Å²) in [5.41, 5.74) is 11.0. The predicted molar refractivity (Wildman–Crippen MR) is 67.7 cm³/mol. The second-order valence-electron chi connectivity index (χ2n) is 4.22. The number of amides is 1. The quantitative estimate of drug-likeness (QED) is 0.820. The van der Waals surface area contributed by atoms with E-state index < -0.39 is 0 Å². The van der Waals surface area contributed by atoms with Crippen LogP contribution < -0.4 is 11.1 Å². The van der Waals surface area contributed by atoms with Crippen LogP contribution in [-0.2, 0) is 4.79 Å². The monoisotopic (exact) mass is 220 g/mol. The summed E-state index contributed by atoms with van der Waals surface area (Å²) in [6, 6.07) is 2.14. The summed E-state index contributed by atoms with van der Waals surface area (Å²) in [6.45, 7) is 8.55. The van der Waals surface area contributed by atoms with Gasteiger partial charge in [-0.25, -0.2) is 0 Å². The molecule has 0 saturated heterocycles. The molecule has 0 aliphatic carbocycles. The zero-order valence-corrected chi connectivity index (χ0v) is 10.5. The molecule has 0 unspecified atom stereocenters. The van der Waals surface area contributed by atoms with Gasteiger partial charge in [0.05, 0.1) is 0 Å². The summed E-state index contributed by atoms with van der Waals surface area (Å²) in [5.74, 6) is -0.0151. The molecule has 0 fully saturated rings. The Morgan fingerprint density at radius 2 is 1.69 bits per heavy atom. The van der Waals surface area contributed by atoms with E-state index in [2.05, 4.69) is 25.2 Å². The molecule has 1 aromatic carbocycles. The fourth-order valence-corrected chi connectivity index (χ4v) is 1.74. The van der Waals surface area contributed by atoms with Crippen molar-refractivity contribution in [2.75, 3.05) is 11.9 Å². The first-order valence-electron chi connectivity index (χ1n) is 5.54. The molecule has 1 amide bonds. The lowest BCUT2D eigenvalue weighted by Crippen LogP contribution is -2.18. The highest BCUT2D eigenvalue weighted by Gasteiger charge is 2.10. The maximum Gasteiger partial charge on any atom is 0.225 e. The molecule has 88 valence electrons. The number of nitrogens with one attached hydrogen (secondary N) is 1. The third kappa shape index (κ3) is 2.61. The molecule has 0 heterocycles. The van der Waals surface area contributed by atoms with Gasteiger partial charge in [-0.2, -0.15) is 0 Å². The number of hydrogen-bond acceptors (Lipinski definition) is 2. The molecule has 0 spiro atoms. The lowest BCUT2D eigenvalue weighted by atomic mass is 9.98. The molecule has 1 aromatic rings. The van der Waals surface area contributed by atoms with Crippen LogP contribution in [0.5, 0.6) is 0 Å². The van der Waals surface area contributed by atoms with Crippen molar-refractivity contribution in [2.24, 2.45) is 5.73 Å². The summed E-state index contributed by atoms with van der Waals surface area (Å²) >= 11 is 0. The summed E-state index contributed by atoms with van der Waals surface area (Å²) in [6.07, 6.45) is 0.367. The zero-order chi connectivity index (χ0) is 12.3. The molecule has 0 atom stereocenters. The Kier molecular flexibility index (Phi) is 4.07. The molecule has 16 heavy (non-hydrogen) atoms. The Hall–Kier alpha value is -1.35. The standard InChI is InChI=1S/C13H20N2O/c1-8-7-9(2)11(4)13(10(8)3)15-12(16)5-6-14/h7H,5-6,14H2,1-4H3,(H,15,16). The Morgan fingerprint density at radius 1 is 1.19 bits per heavy atom. The molecular formula is C13H20N2O. The van der Waals surface area contributed by atoms with Crippen molar-refractivity contribution in [1.82, 2.24) is 0 Å². The number of aryl methyl sites for hydroxylation is 2. The first-order valence-corrected chi connectivity index (χ1v) is 5.54. The van der Waals surface area contributed by atoms with Gasteiger partial charge >= 0.3 is 0 Å². The third-order valence-electron chi connectivity index (χ3n) is 3.00. The van der Waals surface area contributed by atoms with Gasteiger partial charge in [-0.05, 0) is 49.9 Å². The van der Waals surface area contributed by atoms with Crippen molar-refractivity contribution in [1.29, 1.82) is 0 Å². The number of benzene rings is 1. The minimum atomic E-state index is -0.0151. The lowest BCUT2D eigenvalue weighted by Gasteiger charge is -2.16. The van der Waals surface area contributed by atoms with Crippen LogP contribution >= 0.6 is 0 Å². The molecule has 0 aromatic heterocycles. The Bertz CT molecular complexity index is 385. The molecule has 0 saturated carbocycles. The van der Waals surface area contributed by atoms with Gasteiger partial charge in [0, 0.05) is 18.7 Å². The van der Waals surface area contributed by atoms with Crippen molar-refractivity contribution in [3.05, 3.63) is 28.3 Å². The Balaban J connectivity index is 3.07. The second kappa shape index (κ2) is 5.12. The maximum atomic E-state index is 11.5. The molecule has 0 aliphatic rings. The minimum Gasteiger partial charge on any atom is -0.330 e. The topological polar surface area (TPSA) is 55.1 Å². The van der Waals surface area contributed by atoms with Gasteiger partial charge in [0.15, 0.2) is 0 Å². The van der Waals surface area contributed by atoms with Crippen LogP contribution in [0.3, 0.4) is 0 Å². The zero-order valence-electron chi connectivity index (χ0n) is 10.5. The largest absolute Gasteiger partial charge is 0.330 e. The first kappa shape index (κ1) is 12.7. The average Bonchev–Trinajstić information content (AvgIpc) is 2.22. The van der Waals surface area contributed by atoms with Crippen LogP contribution in [0.4, 0.5) is 5.69 Å². The van der Waals surface area contributed by atoms with E-state index in [-0.39, 0.29) is 5.91 Å². The smallest absolute Gasteiger partial charge is 0.225 e. The van der Waals surface area contributed by atoms with E-state index in [1.165, 1.54) is 11.1 Å². The molecule has 0 radical (unpaired) electrons. The molecule has 0 aliphatic heterocycles. The molecule has 3 heteroatoms. The molecule has 3 nitrogen and oxygen atoms in total. The van der Waals surface area contributed by atoms with Crippen molar-refractivity contribution in [3.63, 3.8) is 0 Å². The van der Waals surface area contributed by atoms with E-state index in [1.54, 1.807) is 0 Å². The summed E-state index contributed by atoms with van der Waals surface area (Å²) in [4.78, 5) is 11.5. The minimum absolute atomic E-state index is 0.0151. The van der Waals surface area contributed by atoms with Crippen molar-refractivity contribution < 1.29 is 4.79 Å². The molecule has 0 bridgehead atoms. The van der Waals surface area contributed by atoms with Crippen molar-refractivity contribution in [2.45, 2.75) is 34.1 Å². The number of rotatable bonds is 3. The highest BCUT2D eigenvalue weighted by atomic mass is 16.1. The van der Waals surface area contributed by atoms with E-state index in [4.69, 9.17) is 5.73 Å². The third-order valence-corrected chi connectivity index (χ3v) is 3.00. The molecule has 3 N–H and O–H groups in total. The number of hydrogen-bond donors (Lipinski definition) is 2. The van der Waals surface area contributed by atoms with Crippen LogP contribution in [0.2, 0.25) is 0 Å². The number of anilines is 1.